The molecular weight excluding hydrogens is 1770 g/mol. The number of alkyl halides is 2. The summed E-state index contributed by atoms with van der Waals surface area (Å²) in [7, 11) is 3.19. The summed E-state index contributed by atoms with van der Waals surface area (Å²) in [5.41, 5.74) is 6.80. The van der Waals surface area contributed by atoms with E-state index in [4.69, 9.17) is 79.4 Å². The number of rotatable bonds is 35. The fourth-order valence-corrected chi connectivity index (χ4v) is 22.0. The number of aliphatic hydroxyl groups is 1. The number of ether oxygens (including phenoxy) is 5. The highest BCUT2D eigenvalue weighted by molar-refractivity contribution is 8.07. The van der Waals surface area contributed by atoms with Gasteiger partial charge < -0.3 is 66.7 Å². The van der Waals surface area contributed by atoms with Crippen LogP contribution >= 0.6 is 13.4 Å². The Labute approximate surface area is 757 Å². The first kappa shape index (κ1) is 89.3. The average molecular weight is 1850 g/mol. The van der Waals surface area contributed by atoms with Crippen molar-refractivity contribution in [2.24, 2.45) is 23.7 Å². The first-order valence-corrected chi connectivity index (χ1v) is 47.5. The van der Waals surface area contributed by atoms with Gasteiger partial charge in [0.25, 0.3) is 11.8 Å². The third kappa shape index (κ3) is 17.8. The minimum absolute atomic E-state index is 0.00466. The normalized spacial score (nSPS) is 22.8. The number of imidazole rings is 6. The molecule has 2 aliphatic heterocycles. The molecule has 10 aromatic heterocycles. The highest BCUT2D eigenvalue weighted by Gasteiger charge is 2.54. The number of hydrogen-bond donors (Lipinski definition) is 3. The van der Waals surface area contributed by atoms with Crippen LogP contribution in [0.4, 0.5) is 20.4 Å². The first-order chi connectivity index (χ1) is 64.0. The summed E-state index contributed by atoms with van der Waals surface area (Å²) in [5.74, 6) is 1.05. The van der Waals surface area contributed by atoms with Crippen molar-refractivity contribution in [2.45, 2.75) is 119 Å². The Morgan fingerprint density at radius 3 is 1.33 bits per heavy atom. The molecule has 0 bridgehead atoms. The second kappa shape index (κ2) is 39.0. The Morgan fingerprint density at radius 1 is 0.496 bits per heavy atom. The standard InChI is InChI=1S/C55H53FN11O8PS.C34H35FN11O6PS/c1-4-42-36(28-43(42)66-33-62-47-50-58-25-26-65(50)32-63-52(47)66)29-73-76(77,72-27-11-24-57)75-48-44(74-54(45(48)56)67-34-61-46-49(59-31-60-51(46)67)64-53(68)35-12-7-5-8-13-35)30-71-55(37-14-9-6-10-15-37,38-16-20-40(69-2)21-17-38)39-18-22-41(70-3)23-19-39;1-2-22-21(13-23(22)45-18-41-27-30-37-10-11-44(30)17-42-32(27)45)15-50-53(54,49-12-6-9-36)52-28-24(14-47)51-34(25(28)35)46-19-40-26-29(38-16-39-31(26)46)43-33(48)20-7-4-3-5-8-20/h5-10,12-23,25-26,31-34,36,42-45,48,54H,4,11,27-30H2,1-3H3,(H,59,60,64,68);3-5,7-8,10-11,16-19,21-25,28,34,47H,2,6,12-15H2,1H3,(H,38,39,43,48)/t36-,42-,43-,44-,45-,48-,54-,76?;21-,22-,23-,24-,25-,28-,34-,53?/m11/s1. The van der Waals surface area contributed by atoms with E-state index in [1.165, 1.54) is 34.4 Å². The third-order valence-corrected chi connectivity index (χ3v) is 29.0. The van der Waals surface area contributed by atoms with Crippen LogP contribution in [-0.2, 0) is 70.6 Å². The van der Waals surface area contributed by atoms with Crippen LogP contribution in [0.5, 0.6) is 11.5 Å². The Balaban J connectivity index is 0.000000187. The number of methoxy groups -OCH3 is 2. The molecule has 16 atom stereocenters. The van der Waals surface area contributed by atoms with Crippen molar-refractivity contribution in [1.29, 1.82) is 10.5 Å². The van der Waals surface area contributed by atoms with E-state index in [1.54, 1.807) is 106 Å². The second-order valence-corrected chi connectivity index (χ2v) is 37.5. The number of carbonyl (C=O) groups is 2. The summed E-state index contributed by atoms with van der Waals surface area (Å²) in [4.78, 5) is 79.8. The zero-order valence-electron chi connectivity index (χ0n) is 70.9. The highest BCUT2D eigenvalue weighted by Crippen LogP contribution is 2.60. The molecule has 36 nitrogen and oxygen atoms in total. The number of aromatic nitrogens is 18. The molecule has 2 amide bonds. The number of benzene rings is 5. The molecule has 4 aliphatic rings. The number of nitrogens with zero attached hydrogens (tertiary/aromatic N) is 20. The molecule has 0 radical (unpaired) electrons. The predicted octanol–water partition coefficient (Wildman–Crippen LogP) is 14.1. The second-order valence-electron chi connectivity index (χ2n) is 31.6. The van der Waals surface area contributed by atoms with Gasteiger partial charge in [0.15, 0.2) is 92.4 Å². The van der Waals surface area contributed by atoms with Crippen molar-refractivity contribution in [1.82, 2.24) is 86.9 Å². The Bertz CT molecular complexity index is 6730. The largest absolute Gasteiger partial charge is 0.497 e. The van der Waals surface area contributed by atoms with Crippen LogP contribution in [0.1, 0.15) is 114 Å². The monoisotopic (exact) mass is 1850 g/mol. The number of nitriles is 2. The number of carbonyl (C=O) groups excluding carboxylic acids is 2. The smallest absolute Gasteiger partial charge is 0.327 e. The van der Waals surface area contributed by atoms with Gasteiger partial charge in [0.05, 0.1) is 104 Å². The van der Waals surface area contributed by atoms with Gasteiger partial charge in [-0.3, -0.25) is 36.6 Å². The molecule has 2 aliphatic carbocycles. The summed E-state index contributed by atoms with van der Waals surface area (Å²) in [6.45, 7) is -4.18. The lowest BCUT2D eigenvalue weighted by molar-refractivity contribution is -0.0928. The number of aliphatic hydroxyl groups excluding tert-OH is 1. The van der Waals surface area contributed by atoms with Gasteiger partial charge in [0, 0.05) is 48.0 Å². The first-order valence-electron chi connectivity index (χ1n) is 42.4. The van der Waals surface area contributed by atoms with Crippen molar-refractivity contribution in [3.8, 4) is 23.6 Å². The van der Waals surface area contributed by atoms with Crippen LogP contribution in [0.25, 0.3) is 55.9 Å². The lowest BCUT2D eigenvalue weighted by atomic mass is 9.68. The number of nitrogens with one attached hydrogen (secondary N) is 2. The number of hydrogen-bond acceptors (Lipinski definition) is 30. The molecule has 674 valence electrons. The molecule has 2 saturated carbocycles. The van der Waals surface area contributed by atoms with Gasteiger partial charge in [0.2, 0.25) is 0 Å². The molecule has 0 spiro atoms. The molecule has 42 heteroatoms. The maximum atomic E-state index is 18.1. The van der Waals surface area contributed by atoms with Crippen molar-refractivity contribution >= 4 is 116 Å². The third-order valence-electron chi connectivity index (χ3n) is 24.3. The molecule has 131 heavy (non-hydrogen) atoms. The van der Waals surface area contributed by atoms with E-state index in [2.05, 4.69) is 94.5 Å². The van der Waals surface area contributed by atoms with Crippen molar-refractivity contribution in [3.05, 3.63) is 243 Å². The summed E-state index contributed by atoms with van der Waals surface area (Å²) < 4.78 is 114. The van der Waals surface area contributed by atoms with Gasteiger partial charge in [0.1, 0.15) is 66.8 Å². The van der Waals surface area contributed by atoms with Crippen molar-refractivity contribution < 1.29 is 74.3 Å². The van der Waals surface area contributed by atoms with Crippen molar-refractivity contribution in [3.63, 3.8) is 0 Å². The highest BCUT2D eigenvalue weighted by atomic mass is 32.5. The number of fused-ring (bicyclic) bond motifs is 8. The molecule has 19 rings (SSSR count). The quantitative estimate of drug-likeness (QED) is 0.0189. The molecule has 4 fully saturated rings. The summed E-state index contributed by atoms with van der Waals surface area (Å²) in [5, 5.41) is 34.6. The van der Waals surface area contributed by atoms with E-state index in [-0.39, 0.29) is 116 Å². The molecule has 2 unspecified atom stereocenters. The summed E-state index contributed by atoms with van der Waals surface area (Å²) in [6, 6.07) is 46.2. The lowest BCUT2D eigenvalue weighted by Crippen LogP contribution is -2.41. The Morgan fingerprint density at radius 2 is 0.901 bits per heavy atom. The Kier molecular flexibility index (Phi) is 26.6. The topological polar surface area (TPSA) is 411 Å². The maximum absolute atomic E-state index is 18.1. The summed E-state index contributed by atoms with van der Waals surface area (Å²) in [6.07, 6.45) is 10.5. The van der Waals surface area contributed by atoms with E-state index in [9.17, 15) is 25.2 Å². The molecule has 3 N–H and O–H groups in total. The van der Waals surface area contributed by atoms with Gasteiger partial charge in [-0.1, -0.05) is 118 Å². The van der Waals surface area contributed by atoms with Gasteiger partial charge in [-0.15, -0.1) is 0 Å². The van der Waals surface area contributed by atoms with Crippen LogP contribution < -0.4 is 20.1 Å². The average Bonchev–Trinajstić information content (AvgIpc) is 1.52. The van der Waals surface area contributed by atoms with E-state index in [1.807, 2.05) is 112 Å². The maximum Gasteiger partial charge on any atom is 0.327 e. The van der Waals surface area contributed by atoms with Gasteiger partial charge in [-0.05, 0) is 125 Å². The molecule has 12 heterocycles. The number of amides is 2. The van der Waals surface area contributed by atoms with Crippen LogP contribution in [0.15, 0.2) is 215 Å². The molecule has 15 aromatic rings. The lowest BCUT2D eigenvalue weighted by Gasteiger charge is -2.45. The fraction of sp³-hybridized carbons (Fsp3) is 0.348. The van der Waals surface area contributed by atoms with E-state index in [0.717, 1.165) is 64.1 Å². The van der Waals surface area contributed by atoms with E-state index < -0.39 is 86.7 Å². The SMILES string of the molecule is CC[C@@H]1[C@@H](COP(=S)(OCCC#N)O[C@H]2[C@@H](F)[C@H](n3cnc4c(NC(=O)c5ccccc5)ncnc43)O[C@@H]2CO)C[C@H]1n1cnc2c1ncn1ccnc21.CC[C@@H]1[C@@H](COP(=S)(OCCC#N)O[C@H]2[C@@H](F)[C@H](n3cnc4c(NC(=O)c5ccccc5)ncnc43)O[C@@H]2COC(c2ccccc2)(c2ccc(OC)cc2)c2ccc(OC)cc2)C[C@H]1n1cnc2c1ncn1ccnc21. The van der Waals surface area contributed by atoms with E-state index in [0.29, 0.717) is 34.6 Å². The van der Waals surface area contributed by atoms with E-state index >= 15 is 8.78 Å². The summed E-state index contributed by atoms with van der Waals surface area (Å²) >= 11 is 12.0. The van der Waals surface area contributed by atoms with Crippen molar-refractivity contribution in [2.75, 3.05) is 64.5 Å². The Hall–Kier alpha value is -12.3. The molecular formula is C89H88F2N22O14P2S2. The molecule has 2 saturated heterocycles. The van der Waals surface area contributed by atoms with Crippen LogP contribution in [0.2, 0.25) is 0 Å². The predicted molar refractivity (Wildman–Crippen MR) is 479 cm³/mol. The van der Waals surface area contributed by atoms with Crippen LogP contribution in [0, 0.1) is 46.3 Å². The number of halogens is 2. The zero-order valence-corrected chi connectivity index (χ0v) is 74.4. The van der Waals surface area contributed by atoms with Crippen LogP contribution in [0.3, 0.4) is 0 Å². The minimum Gasteiger partial charge on any atom is -0.497 e. The van der Waals surface area contributed by atoms with Gasteiger partial charge in [-0.2, -0.15) is 10.5 Å². The number of anilines is 2. The minimum atomic E-state index is -3.91. The van der Waals surface area contributed by atoms with Gasteiger partial charge >= 0.3 is 13.4 Å². The molecule has 5 aromatic carbocycles. The van der Waals surface area contributed by atoms with Gasteiger partial charge in [-0.25, -0.2) is 68.6 Å². The fourth-order valence-electron chi connectivity index (χ4n) is 17.7. The van der Waals surface area contributed by atoms with Crippen LogP contribution in [-0.4, -0.2) is 194 Å². The zero-order chi connectivity index (χ0) is 90.5.